The third-order valence-electron chi connectivity index (χ3n) is 4.39. The van der Waals surface area contributed by atoms with Crippen molar-refractivity contribution in [1.29, 1.82) is 0 Å². The molecule has 0 radical (unpaired) electrons. The van der Waals surface area contributed by atoms with Crippen LogP contribution in [0, 0.1) is 5.41 Å². The van der Waals surface area contributed by atoms with Gasteiger partial charge in [0.25, 0.3) is 0 Å². The molecule has 1 saturated heterocycles. The number of hydrogen-bond donors (Lipinski definition) is 0. The number of piperidine rings is 1. The maximum Gasteiger partial charge on any atom is 0.314 e. The molecule has 0 unspecified atom stereocenters. The van der Waals surface area contributed by atoms with Gasteiger partial charge in [-0.15, -0.1) is 0 Å². The minimum atomic E-state index is -0.652. The van der Waals surface area contributed by atoms with E-state index in [0.717, 1.165) is 24.0 Å². The Morgan fingerprint density at radius 1 is 1.25 bits per heavy atom. The normalized spacial score (nSPS) is 20.4. The smallest absolute Gasteiger partial charge is 0.314 e. The maximum atomic E-state index is 12.7. The topological polar surface area (TPSA) is 46.6 Å². The molecular weight excluding hydrogens is 302 g/mol. The van der Waals surface area contributed by atoms with Crippen LogP contribution in [0.3, 0.4) is 0 Å². The van der Waals surface area contributed by atoms with Gasteiger partial charge in [-0.1, -0.05) is 35.9 Å². The van der Waals surface area contributed by atoms with Crippen LogP contribution in [0.5, 0.6) is 0 Å². The molecule has 0 aliphatic carbocycles. The van der Waals surface area contributed by atoms with Crippen molar-refractivity contribution in [3.8, 4) is 0 Å². The second-order valence-corrected chi connectivity index (χ2v) is 6.75. The summed E-state index contributed by atoms with van der Waals surface area (Å²) in [6.45, 7) is 7.11. The summed E-state index contributed by atoms with van der Waals surface area (Å²) in [5.41, 5.74) is 1.42. The average molecular weight is 329 g/mol. The summed E-state index contributed by atoms with van der Waals surface area (Å²) < 4.78 is 5.37. The Bertz CT molecular complexity index is 605. The largest absolute Gasteiger partial charge is 0.466 e. The number of allylic oxidation sites excluding steroid dienone is 1. The molecule has 1 fully saturated rings. The van der Waals surface area contributed by atoms with Crippen LogP contribution in [-0.4, -0.2) is 36.5 Å². The molecule has 0 saturated carbocycles. The summed E-state index contributed by atoms with van der Waals surface area (Å²) >= 11 is 0. The van der Waals surface area contributed by atoms with Crippen LogP contribution in [0.15, 0.2) is 42.0 Å². The number of amides is 1. The quantitative estimate of drug-likeness (QED) is 0.615. The monoisotopic (exact) mass is 329 g/mol. The van der Waals surface area contributed by atoms with Crippen LogP contribution in [0.4, 0.5) is 0 Å². The van der Waals surface area contributed by atoms with E-state index in [0.29, 0.717) is 26.1 Å². The molecule has 0 aromatic heterocycles. The Morgan fingerprint density at radius 2 is 1.96 bits per heavy atom. The zero-order valence-electron chi connectivity index (χ0n) is 14.9. The first-order valence-electron chi connectivity index (χ1n) is 8.62. The van der Waals surface area contributed by atoms with Gasteiger partial charge in [0.05, 0.1) is 12.0 Å². The summed E-state index contributed by atoms with van der Waals surface area (Å²) in [5, 5.41) is 0. The van der Waals surface area contributed by atoms with Crippen molar-refractivity contribution in [3.63, 3.8) is 0 Å². The fourth-order valence-corrected chi connectivity index (χ4v) is 3.31. The Labute approximate surface area is 144 Å². The van der Waals surface area contributed by atoms with Gasteiger partial charge in [-0.05, 0) is 45.6 Å². The van der Waals surface area contributed by atoms with Gasteiger partial charge in [0.2, 0.25) is 5.91 Å². The lowest BCUT2D eigenvalue weighted by Crippen LogP contribution is -2.51. The minimum absolute atomic E-state index is 0.0172. The van der Waals surface area contributed by atoms with Crippen LogP contribution >= 0.6 is 0 Å². The van der Waals surface area contributed by atoms with Crippen molar-refractivity contribution in [2.75, 3.05) is 19.7 Å². The summed E-state index contributed by atoms with van der Waals surface area (Å²) in [6, 6.07) is 9.97. The third kappa shape index (κ3) is 4.47. The van der Waals surface area contributed by atoms with E-state index in [1.54, 1.807) is 11.0 Å². The number of nitrogens with zero attached hydrogens (tertiary/aromatic N) is 1. The van der Waals surface area contributed by atoms with Crippen molar-refractivity contribution >= 4 is 11.9 Å². The molecule has 2 rings (SSSR count). The number of hydrogen-bond acceptors (Lipinski definition) is 3. The number of rotatable bonds is 5. The first-order valence-corrected chi connectivity index (χ1v) is 8.62. The zero-order chi connectivity index (χ0) is 17.6. The molecule has 1 amide bonds. The van der Waals surface area contributed by atoms with E-state index in [2.05, 4.69) is 0 Å². The van der Waals surface area contributed by atoms with Crippen molar-refractivity contribution < 1.29 is 14.3 Å². The zero-order valence-corrected chi connectivity index (χ0v) is 14.9. The summed E-state index contributed by atoms with van der Waals surface area (Å²) in [4.78, 5) is 27.0. The van der Waals surface area contributed by atoms with Gasteiger partial charge in [-0.25, -0.2) is 0 Å². The van der Waals surface area contributed by atoms with Crippen LogP contribution in [-0.2, 0) is 20.7 Å². The fourth-order valence-electron chi connectivity index (χ4n) is 3.31. The summed E-state index contributed by atoms with van der Waals surface area (Å²) in [5.74, 6) is -0.208. The highest BCUT2D eigenvalue weighted by Crippen LogP contribution is 2.35. The SMILES string of the molecule is CCOC(=O)[C@@]1(Cc2ccccc2)CCCN(C(=O)C=C(C)C)C1. The van der Waals surface area contributed by atoms with Crippen LogP contribution in [0.2, 0.25) is 0 Å². The van der Waals surface area contributed by atoms with E-state index in [9.17, 15) is 9.59 Å². The van der Waals surface area contributed by atoms with Crippen molar-refractivity contribution in [1.82, 2.24) is 4.90 Å². The average Bonchev–Trinajstić information content (AvgIpc) is 2.55. The molecule has 1 heterocycles. The van der Waals surface area contributed by atoms with Gasteiger partial charge < -0.3 is 9.64 Å². The van der Waals surface area contributed by atoms with Gasteiger partial charge >= 0.3 is 5.97 Å². The Kier molecular flexibility index (Phi) is 6.18. The Balaban J connectivity index is 2.26. The molecular formula is C20H27NO3. The highest BCUT2D eigenvalue weighted by Gasteiger charge is 2.44. The van der Waals surface area contributed by atoms with E-state index in [-0.39, 0.29) is 11.9 Å². The molecule has 0 bridgehead atoms. The van der Waals surface area contributed by atoms with Crippen molar-refractivity contribution in [2.45, 2.75) is 40.0 Å². The lowest BCUT2D eigenvalue weighted by Gasteiger charge is -2.40. The Hall–Kier alpha value is -2.10. The van der Waals surface area contributed by atoms with Gasteiger partial charge in [0.15, 0.2) is 0 Å². The molecule has 0 spiro atoms. The van der Waals surface area contributed by atoms with E-state index >= 15 is 0 Å². The van der Waals surface area contributed by atoms with Crippen LogP contribution < -0.4 is 0 Å². The molecule has 1 atom stereocenters. The lowest BCUT2D eigenvalue weighted by molar-refractivity contribution is -0.160. The van der Waals surface area contributed by atoms with Gasteiger partial charge in [-0.2, -0.15) is 0 Å². The molecule has 4 nitrogen and oxygen atoms in total. The number of likely N-dealkylation sites (tertiary alicyclic amines) is 1. The van der Waals surface area contributed by atoms with E-state index < -0.39 is 5.41 Å². The molecule has 1 aliphatic rings. The second kappa shape index (κ2) is 8.13. The van der Waals surface area contributed by atoms with Crippen LogP contribution in [0.1, 0.15) is 39.2 Å². The molecule has 4 heteroatoms. The highest BCUT2D eigenvalue weighted by atomic mass is 16.5. The van der Waals surface area contributed by atoms with Gasteiger partial charge in [0.1, 0.15) is 0 Å². The maximum absolute atomic E-state index is 12.7. The first-order chi connectivity index (χ1) is 11.5. The molecule has 1 aromatic carbocycles. The van der Waals surface area contributed by atoms with E-state index in [4.69, 9.17) is 4.74 Å². The van der Waals surface area contributed by atoms with E-state index in [1.807, 2.05) is 51.1 Å². The second-order valence-electron chi connectivity index (χ2n) is 6.75. The lowest BCUT2D eigenvalue weighted by atomic mass is 9.75. The van der Waals surface area contributed by atoms with Gasteiger partial charge in [-0.3, -0.25) is 9.59 Å². The minimum Gasteiger partial charge on any atom is -0.466 e. The molecule has 24 heavy (non-hydrogen) atoms. The van der Waals surface area contributed by atoms with Crippen molar-refractivity contribution in [3.05, 3.63) is 47.5 Å². The highest BCUT2D eigenvalue weighted by molar-refractivity contribution is 5.89. The number of benzene rings is 1. The van der Waals surface area contributed by atoms with Crippen molar-refractivity contribution in [2.24, 2.45) is 5.41 Å². The number of esters is 1. The number of carbonyl (C=O) groups is 2. The van der Waals surface area contributed by atoms with Crippen LogP contribution in [0.25, 0.3) is 0 Å². The number of ether oxygens (including phenoxy) is 1. The Morgan fingerprint density at radius 3 is 2.58 bits per heavy atom. The predicted molar refractivity (Wildman–Crippen MR) is 94.5 cm³/mol. The molecule has 1 aromatic rings. The van der Waals surface area contributed by atoms with Gasteiger partial charge in [0, 0.05) is 19.2 Å². The first kappa shape index (κ1) is 18.2. The third-order valence-corrected chi connectivity index (χ3v) is 4.39. The summed E-state index contributed by atoms with van der Waals surface area (Å²) in [6.07, 6.45) is 3.81. The summed E-state index contributed by atoms with van der Waals surface area (Å²) in [7, 11) is 0. The molecule has 130 valence electrons. The fraction of sp³-hybridized carbons (Fsp3) is 0.500. The van der Waals surface area contributed by atoms with E-state index in [1.165, 1.54) is 0 Å². The number of carbonyl (C=O) groups excluding carboxylic acids is 2. The molecule has 1 aliphatic heterocycles. The predicted octanol–water partition coefficient (Wildman–Crippen LogP) is 3.37. The standard InChI is InChI=1S/C20H27NO3/c1-4-24-19(23)20(14-17-9-6-5-7-10-17)11-8-12-21(15-20)18(22)13-16(2)3/h5-7,9-10,13H,4,8,11-12,14-15H2,1-3H3/t20-/m1/s1. The molecule has 0 N–H and O–H groups in total.